The van der Waals surface area contributed by atoms with Crippen LogP contribution in [0.25, 0.3) is 0 Å². The summed E-state index contributed by atoms with van der Waals surface area (Å²) in [5.41, 5.74) is 1.15. The summed E-state index contributed by atoms with van der Waals surface area (Å²) in [6.07, 6.45) is 1.72. The van der Waals surface area contributed by atoms with Crippen molar-refractivity contribution < 1.29 is 14.3 Å². The Morgan fingerprint density at radius 1 is 1.35 bits per heavy atom. The first kappa shape index (κ1) is 17.6. The molecule has 0 unspecified atom stereocenters. The Morgan fingerprint density at radius 2 is 2.13 bits per heavy atom. The van der Waals surface area contributed by atoms with Crippen molar-refractivity contribution in [3.63, 3.8) is 0 Å². The summed E-state index contributed by atoms with van der Waals surface area (Å²) in [6, 6.07) is 5.35. The highest BCUT2D eigenvalue weighted by molar-refractivity contribution is 6.30. The van der Waals surface area contributed by atoms with E-state index in [4.69, 9.17) is 11.6 Å². The molecule has 3 N–H and O–H groups in total. The molecular formula is C16H22ClN3O3. The lowest BCUT2D eigenvalue weighted by Gasteiger charge is -2.31. The van der Waals surface area contributed by atoms with Crippen LogP contribution < -0.4 is 16.0 Å². The molecule has 1 aliphatic heterocycles. The minimum absolute atomic E-state index is 0.0753. The van der Waals surface area contributed by atoms with E-state index in [-0.39, 0.29) is 5.91 Å². The van der Waals surface area contributed by atoms with Gasteiger partial charge in [-0.05, 0) is 56.6 Å². The van der Waals surface area contributed by atoms with Crippen LogP contribution in [0.4, 0.5) is 4.79 Å². The summed E-state index contributed by atoms with van der Waals surface area (Å²) in [6.45, 7) is 1.25. The molecule has 2 amide bonds. The molecule has 0 saturated heterocycles. The maximum atomic E-state index is 12.3. The molecule has 1 aromatic rings. The number of methoxy groups -OCH3 is 1. The molecular weight excluding hydrogens is 318 g/mol. The molecule has 1 heterocycles. The van der Waals surface area contributed by atoms with Crippen LogP contribution in [0.2, 0.25) is 5.02 Å². The number of benzene rings is 1. The number of nitrogens with one attached hydrogen (secondary N) is 3. The highest BCUT2D eigenvalue weighted by Crippen LogP contribution is 2.38. The van der Waals surface area contributed by atoms with Crippen molar-refractivity contribution in [2.24, 2.45) is 0 Å². The molecule has 0 fully saturated rings. The van der Waals surface area contributed by atoms with Gasteiger partial charge >= 0.3 is 6.09 Å². The SMILES string of the molecule is CNCC[C@]1(CCCNC(=O)OC)NC(=O)c2ccc(Cl)cc21. The van der Waals surface area contributed by atoms with Gasteiger partial charge in [0.05, 0.1) is 12.6 Å². The predicted molar refractivity (Wildman–Crippen MR) is 88.8 cm³/mol. The number of rotatable bonds is 7. The number of halogens is 1. The van der Waals surface area contributed by atoms with E-state index in [0.29, 0.717) is 30.0 Å². The van der Waals surface area contributed by atoms with Crippen molar-refractivity contribution >= 4 is 23.6 Å². The lowest BCUT2D eigenvalue weighted by Crippen LogP contribution is -2.42. The second-order valence-electron chi connectivity index (χ2n) is 5.60. The summed E-state index contributed by atoms with van der Waals surface area (Å²) >= 11 is 6.13. The number of hydrogen-bond donors (Lipinski definition) is 3. The van der Waals surface area contributed by atoms with Gasteiger partial charge < -0.3 is 20.7 Å². The van der Waals surface area contributed by atoms with E-state index >= 15 is 0 Å². The Bertz CT molecular complexity index is 594. The molecule has 0 spiro atoms. The van der Waals surface area contributed by atoms with Gasteiger partial charge in [-0.25, -0.2) is 4.79 Å². The number of carbonyl (C=O) groups excluding carboxylic acids is 2. The second kappa shape index (κ2) is 7.66. The number of amides is 2. The van der Waals surface area contributed by atoms with E-state index in [1.54, 1.807) is 12.1 Å². The van der Waals surface area contributed by atoms with E-state index in [1.165, 1.54) is 7.11 Å². The topological polar surface area (TPSA) is 79.5 Å². The summed E-state index contributed by atoms with van der Waals surface area (Å²) in [7, 11) is 3.21. The van der Waals surface area contributed by atoms with Crippen molar-refractivity contribution in [3.8, 4) is 0 Å². The van der Waals surface area contributed by atoms with Crippen LogP contribution in [0.5, 0.6) is 0 Å². The summed E-state index contributed by atoms with van der Waals surface area (Å²) in [5.74, 6) is -0.0753. The van der Waals surface area contributed by atoms with Crippen LogP contribution in [-0.2, 0) is 10.3 Å². The van der Waals surface area contributed by atoms with Gasteiger partial charge in [0.25, 0.3) is 5.91 Å². The molecule has 2 rings (SSSR count). The van der Waals surface area contributed by atoms with Crippen molar-refractivity contribution in [1.82, 2.24) is 16.0 Å². The largest absolute Gasteiger partial charge is 0.453 e. The monoisotopic (exact) mass is 339 g/mol. The van der Waals surface area contributed by atoms with E-state index in [2.05, 4.69) is 20.7 Å². The third kappa shape index (κ3) is 3.95. The highest BCUT2D eigenvalue weighted by atomic mass is 35.5. The van der Waals surface area contributed by atoms with Gasteiger partial charge in [-0.2, -0.15) is 0 Å². The third-order valence-corrected chi connectivity index (χ3v) is 4.37. The predicted octanol–water partition coefficient (Wildman–Crippen LogP) is 2.02. The van der Waals surface area contributed by atoms with Crippen molar-refractivity contribution in [1.29, 1.82) is 0 Å². The minimum atomic E-state index is -0.460. The number of carbonyl (C=O) groups is 2. The zero-order valence-corrected chi connectivity index (χ0v) is 14.1. The molecule has 6 nitrogen and oxygen atoms in total. The average Bonchev–Trinajstić information content (AvgIpc) is 2.81. The Labute approximate surface area is 140 Å². The Kier molecular flexibility index (Phi) is 5.85. The maximum absolute atomic E-state index is 12.3. The molecule has 0 aliphatic carbocycles. The van der Waals surface area contributed by atoms with Crippen LogP contribution in [-0.4, -0.2) is 39.2 Å². The third-order valence-electron chi connectivity index (χ3n) is 4.13. The zero-order chi connectivity index (χ0) is 16.9. The summed E-state index contributed by atoms with van der Waals surface area (Å²) in [4.78, 5) is 23.4. The van der Waals surface area contributed by atoms with Gasteiger partial charge in [0.2, 0.25) is 0 Å². The zero-order valence-electron chi connectivity index (χ0n) is 13.4. The average molecular weight is 340 g/mol. The minimum Gasteiger partial charge on any atom is -0.453 e. The van der Waals surface area contributed by atoms with Gasteiger partial charge in [0, 0.05) is 17.1 Å². The Balaban J connectivity index is 2.16. The van der Waals surface area contributed by atoms with Crippen LogP contribution >= 0.6 is 11.6 Å². The van der Waals surface area contributed by atoms with E-state index in [0.717, 1.165) is 18.5 Å². The molecule has 1 atom stereocenters. The van der Waals surface area contributed by atoms with Gasteiger partial charge in [0.15, 0.2) is 0 Å². The lowest BCUT2D eigenvalue weighted by molar-refractivity contribution is 0.0919. The van der Waals surface area contributed by atoms with Crippen molar-refractivity contribution in [3.05, 3.63) is 34.3 Å². The lowest BCUT2D eigenvalue weighted by atomic mass is 9.83. The summed E-state index contributed by atoms with van der Waals surface area (Å²) in [5, 5.41) is 9.51. The van der Waals surface area contributed by atoms with E-state index in [1.807, 2.05) is 13.1 Å². The molecule has 0 saturated carbocycles. The van der Waals surface area contributed by atoms with Gasteiger partial charge in [-0.15, -0.1) is 0 Å². The van der Waals surface area contributed by atoms with E-state index in [9.17, 15) is 9.59 Å². The normalized spacial score (nSPS) is 19.2. The van der Waals surface area contributed by atoms with E-state index < -0.39 is 11.6 Å². The standard InChI is InChI=1S/C16H22ClN3O3/c1-18-9-7-16(6-3-8-19-15(22)23-2)13-10-11(17)4-5-12(13)14(21)20-16/h4-5,10,18H,3,6-9H2,1-2H3,(H,19,22)(H,20,21)/t16-/m0/s1. The number of ether oxygens (including phenoxy) is 1. The van der Waals surface area contributed by atoms with Crippen molar-refractivity contribution in [2.75, 3.05) is 27.2 Å². The number of alkyl carbamates (subject to hydrolysis) is 1. The fourth-order valence-electron chi connectivity index (χ4n) is 2.97. The molecule has 1 aliphatic rings. The fourth-order valence-corrected chi connectivity index (χ4v) is 3.15. The Morgan fingerprint density at radius 3 is 2.83 bits per heavy atom. The first-order valence-corrected chi connectivity index (χ1v) is 7.99. The van der Waals surface area contributed by atoms with Crippen LogP contribution in [0.1, 0.15) is 35.2 Å². The smallest absolute Gasteiger partial charge is 0.406 e. The highest BCUT2D eigenvalue weighted by Gasteiger charge is 2.41. The molecule has 126 valence electrons. The van der Waals surface area contributed by atoms with Crippen LogP contribution in [0, 0.1) is 0 Å². The molecule has 7 heteroatoms. The molecule has 0 aromatic heterocycles. The van der Waals surface area contributed by atoms with Crippen LogP contribution in [0.15, 0.2) is 18.2 Å². The molecule has 1 aromatic carbocycles. The molecule has 0 radical (unpaired) electrons. The summed E-state index contributed by atoms with van der Waals surface area (Å²) < 4.78 is 4.55. The van der Waals surface area contributed by atoms with Gasteiger partial charge in [-0.1, -0.05) is 11.6 Å². The fraction of sp³-hybridized carbons (Fsp3) is 0.500. The Hall–Kier alpha value is -1.79. The number of hydrogen-bond acceptors (Lipinski definition) is 4. The maximum Gasteiger partial charge on any atom is 0.406 e. The number of fused-ring (bicyclic) bond motifs is 1. The quantitative estimate of drug-likeness (QED) is 0.664. The van der Waals surface area contributed by atoms with Crippen molar-refractivity contribution in [2.45, 2.75) is 24.8 Å². The van der Waals surface area contributed by atoms with Gasteiger partial charge in [0.1, 0.15) is 0 Å². The molecule has 0 bridgehead atoms. The second-order valence-corrected chi connectivity index (χ2v) is 6.04. The van der Waals surface area contributed by atoms with Gasteiger partial charge in [-0.3, -0.25) is 4.79 Å². The van der Waals surface area contributed by atoms with Crippen LogP contribution in [0.3, 0.4) is 0 Å². The molecule has 23 heavy (non-hydrogen) atoms. The first-order chi connectivity index (χ1) is 11.0. The first-order valence-electron chi connectivity index (χ1n) is 7.61.